The summed E-state index contributed by atoms with van der Waals surface area (Å²) < 4.78 is 26.6. The Hall–Kier alpha value is -1.67. The third kappa shape index (κ3) is 4.91. The number of hydrogen-bond donors (Lipinski definition) is 2. The molecule has 0 aliphatic carbocycles. The van der Waals surface area contributed by atoms with Crippen LogP contribution in [-0.4, -0.2) is 47.4 Å². The van der Waals surface area contributed by atoms with Crippen LogP contribution in [0, 0.1) is 0 Å². The molecule has 2 heterocycles. The van der Waals surface area contributed by atoms with Gasteiger partial charge in [-0.2, -0.15) is 4.31 Å². The van der Waals surface area contributed by atoms with Gasteiger partial charge in [-0.05, 0) is 45.2 Å². The standard InChI is InChI=1S/C16H25N3O4S/c1-16(2,9-8-15(20)21)18-14-7-6-13(12-17-14)24(22,23)19-10-4-3-5-11-19/h6-7,12H,3-5,8-11H2,1-2H3,(H,17,18)(H,20,21). The van der Waals surface area contributed by atoms with E-state index in [1.165, 1.54) is 10.5 Å². The van der Waals surface area contributed by atoms with Gasteiger partial charge in [-0.3, -0.25) is 4.79 Å². The van der Waals surface area contributed by atoms with Gasteiger partial charge in [-0.15, -0.1) is 0 Å². The first-order valence-electron chi connectivity index (χ1n) is 8.17. The summed E-state index contributed by atoms with van der Waals surface area (Å²) in [7, 11) is -3.48. The summed E-state index contributed by atoms with van der Waals surface area (Å²) in [4.78, 5) is 15.1. The second-order valence-electron chi connectivity index (χ2n) is 6.75. The first-order valence-corrected chi connectivity index (χ1v) is 9.61. The van der Waals surface area contributed by atoms with E-state index < -0.39 is 21.5 Å². The van der Waals surface area contributed by atoms with E-state index in [4.69, 9.17) is 5.11 Å². The van der Waals surface area contributed by atoms with E-state index in [2.05, 4.69) is 10.3 Å². The molecule has 1 fully saturated rings. The molecule has 7 nitrogen and oxygen atoms in total. The van der Waals surface area contributed by atoms with Gasteiger partial charge >= 0.3 is 5.97 Å². The lowest BCUT2D eigenvalue weighted by Gasteiger charge is -2.27. The molecular formula is C16H25N3O4S. The van der Waals surface area contributed by atoms with Crippen LogP contribution in [0.2, 0.25) is 0 Å². The Morgan fingerprint density at radius 2 is 1.96 bits per heavy atom. The number of anilines is 1. The van der Waals surface area contributed by atoms with Crippen molar-refractivity contribution in [3.63, 3.8) is 0 Å². The van der Waals surface area contributed by atoms with E-state index in [1.54, 1.807) is 12.1 Å². The van der Waals surface area contributed by atoms with Gasteiger partial charge in [-0.1, -0.05) is 6.42 Å². The van der Waals surface area contributed by atoms with Gasteiger partial charge in [0.2, 0.25) is 10.0 Å². The summed E-state index contributed by atoms with van der Waals surface area (Å²) in [6.07, 6.45) is 4.71. The molecule has 0 atom stereocenters. The zero-order valence-corrected chi connectivity index (χ0v) is 15.0. The van der Waals surface area contributed by atoms with E-state index in [1.807, 2.05) is 13.8 Å². The third-order valence-corrected chi connectivity index (χ3v) is 6.00. The van der Waals surface area contributed by atoms with Crippen molar-refractivity contribution >= 4 is 21.8 Å². The Morgan fingerprint density at radius 1 is 1.29 bits per heavy atom. The van der Waals surface area contributed by atoms with Crippen molar-refractivity contribution in [1.82, 2.24) is 9.29 Å². The van der Waals surface area contributed by atoms with Crippen LogP contribution in [0.5, 0.6) is 0 Å². The van der Waals surface area contributed by atoms with E-state index >= 15 is 0 Å². The molecule has 0 saturated carbocycles. The first-order chi connectivity index (χ1) is 11.2. The van der Waals surface area contributed by atoms with Crippen molar-refractivity contribution in [1.29, 1.82) is 0 Å². The number of sulfonamides is 1. The minimum Gasteiger partial charge on any atom is -0.481 e. The first kappa shape index (κ1) is 18.7. The number of hydrogen-bond acceptors (Lipinski definition) is 5. The molecule has 1 aromatic heterocycles. The minimum atomic E-state index is -3.48. The summed E-state index contributed by atoms with van der Waals surface area (Å²) in [5.41, 5.74) is -0.446. The largest absolute Gasteiger partial charge is 0.481 e. The molecule has 24 heavy (non-hydrogen) atoms. The Morgan fingerprint density at radius 3 is 2.50 bits per heavy atom. The molecule has 0 spiro atoms. The van der Waals surface area contributed by atoms with Gasteiger partial charge in [-0.25, -0.2) is 13.4 Å². The maximum Gasteiger partial charge on any atom is 0.303 e. The summed E-state index contributed by atoms with van der Waals surface area (Å²) in [5, 5.41) is 11.9. The molecule has 0 amide bonds. The fourth-order valence-electron chi connectivity index (χ4n) is 2.69. The third-order valence-electron chi connectivity index (χ3n) is 4.12. The predicted molar refractivity (Wildman–Crippen MR) is 91.4 cm³/mol. The van der Waals surface area contributed by atoms with Gasteiger partial charge in [0.15, 0.2) is 0 Å². The van der Waals surface area contributed by atoms with E-state index in [-0.39, 0.29) is 11.3 Å². The average molecular weight is 355 g/mol. The van der Waals surface area contributed by atoms with E-state index in [0.29, 0.717) is 25.3 Å². The van der Waals surface area contributed by atoms with Crippen molar-refractivity contribution in [2.24, 2.45) is 0 Å². The average Bonchev–Trinajstić information content (AvgIpc) is 2.54. The molecule has 2 rings (SSSR count). The number of piperidine rings is 1. The highest BCUT2D eigenvalue weighted by Gasteiger charge is 2.26. The summed E-state index contributed by atoms with van der Waals surface area (Å²) in [6.45, 7) is 4.89. The van der Waals surface area contributed by atoms with Gasteiger partial charge in [0.25, 0.3) is 0 Å². The fourth-order valence-corrected chi connectivity index (χ4v) is 4.15. The number of carboxylic acids is 1. The van der Waals surface area contributed by atoms with Crippen LogP contribution in [0.3, 0.4) is 0 Å². The van der Waals surface area contributed by atoms with E-state index in [0.717, 1.165) is 19.3 Å². The van der Waals surface area contributed by atoms with Crippen molar-refractivity contribution < 1.29 is 18.3 Å². The Bertz CT molecular complexity index is 665. The lowest BCUT2D eigenvalue weighted by Crippen LogP contribution is -2.35. The molecule has 134 valence electrons. The molecular weight excluding hydrogens is 330 g/mol. The van der Waals surface area contributed by atoms with Crippen molar-refractivity contribution in [3.8, 4) is 0 Å². The van der Waals surface area contributed by atoms with Crippen molar-refractivity contribution in [3.05, 3.63) is 18.3 Å². The number of pyridine rings is 1. The highest BCUT2D eigenvalue weighted by atomic mass is 32.2. The van der Waals surface area contributed by atoms with Gasteiger partial charge in [0.05, 0.1) is 0 Å². The molecule has 0 aromatic carbocycles. The topological polar surface area (TPSA) is 99.6 Å². The number of aliphatic carboxylic acids is 1. The van der Waals surface area contributed by atoms with Gasteiger partial charge in [0, 0.05) is 31.2 Å². The highest BCUT2D eigenvalue weighted by molar-refractivity contribution is 7.89. The Kier molecular flexibility index (Phi) is 5.82. The van der Waals surface area contributed by atoms with Crippen LogP contribution in [-0.2, 0) is 14.8 Å². The second-order valence-corrected chi connectivity index (χ2v) is 8.68. The monoisotopic (exact) mass is 355 g/mol. The molecule has 8 heteroatoms. The SMILES string of the molecule is CC(C)(CCC(=O)O)Nc1ccc(S(=O)(=O)N2CCCCC2)cn1. The van der Waals surface area contributed by atoms with Crippen LogP contribution < -0.4 is 5.32 Å². The quantitative estimate of drug-likeness (QED) is 0.778. The molecule has 0 radical (unpaired) electrons. The molecule has 2 N–H and O–H groups in total. The number of rotatable bonds is 7. The minimum absolute atomic E-state index is 0.0570. The summed E-state index contributed by atoms with van der Waals surface area (Å²) in [5.74, 6) is -0.316. The molecule has 1 aliphatic heterocycles. The Labute approximate surface area is 143 Å². The fraction of sp³-hybridized carbons (Fsp3) is 0.625. The molecule has 1 saturated heterocycles. The molecule has 0 bridgehead atoms. The van der Waals surface area contributed by atoms with Crippen LogP contribution in [0.15, 0.2) is 23.2 Å². The number of nitrogens with one attached hydrogen (secondary N) is 1. The summed E-state index contributed by atoms with van der Waals surface area (Å²) in [6, 6.07) is 3.17. The normalized spacial score (nSPS) is 16.8. The Balaban J connectivity index is 2.05. The lowest BCUT2D eigenvalue weighted by molar-refractivity contribution is -0.137. The van der Waals surface area contributed by atoms with E-state index in [9.17, 15) is 13.2 Å². The second kappa shape index (κ2) is 7.48. The number of nitrogens with zero attached hydrogens (tertiary/aromatic N) is 2. The number of aromatic nitrogens is 1. The van der Waals surface area contributed by atoms with Crippen molar-refractivity contribution in [2.45, 2.75) is 56.4 Å². The highest BCUT2D eigenvalue weighted by Crippen LogP contribution is 2.22. The maximum absolute atomic E-state index is 12.6. The number of carbonyl (C=O) groups is 1. The maximum atomic E-state index is 12.6. The summed E-state index contributed by atoms with van der Waals surface area (Å²) >= 11 is 0. The van der Waals surface area contributed by atoms with Crippen LogP contribution in [0.1, 0.15) is 46.0 Å². The van der Waals surface area contributed by atoms with Crippen LogP contribution in [0.25, 0.3) is 0 Å². The zero-order chi connectivity index (χ0) is 17.8. The van der Waals surface area contributed by atoms with Crippen molar-refractivity contribution in [2.75, 3.05) is 18.4 Å². The van der Waals surface area contributed by atoms with Crippen LogP contribution >= 0.6 is 0 Å². The van der Waals surface area contributed by atoms with Gasteiger partial charge in [0.1, 0.15) is 10.7 Å². The molecule has 0 unspecified atom stereocenters. The van der Waals surface area contributed by atoms with Crippen LogP contribution in [0.4, 0.5) is 5.82 Å². The number of carboxylic acid groups (broad SMARTS) is 1. The lowest BCUT2D eigenvalue weighted by atomic mass is 9.98. The molecule has 1 aliphatic rings. The van der Waals surface area contributed by atoms with Gasteiger partial charge < -0.3 is 10.4 Å². The predicted octanol–water partition coefficient (Wildman–Crippen LogP) is 2.31. The smallest absolute Gasteiger partial charge is 0.303 e. The zero-order valence-electron chi connectivity index (χ0n) is 14.2. The molecule has 1 aromatic rings.